The van der Waals surface area contributed by atoms with Gasteiger partial charge in [0.05, 0.1) is 17.6 Å². The maximum atomic E-state index is 12.7. The lowest BCUT2D eigenvalue weighted by molar-refractivity contribution is -0.137. The summed E-state index contributed by atoms with van der Waals surface area (Å²) in [6, 6.07) is 5.50. The molecular formula is C20H17F3N6O2. The Hall–Kier alpha value is -3.76. The number of nitrogens with zero attached hydrogens (tertiary/aromatic N) is 5. The van der Waals surface area contributed by atoms with Crippen molar-refractivity contribution in [3.8, 4) is 5.88 Å². The molecule has 4 heterocycles. The van der Waals surface area contributed by atoms with Gasteiger partial charge in [-0.05, 0) is 24.3 Å². The molecule has 1 aliphatic heterocycles. The van der Waals surface area contributed by atoms with Crippen LogP contribution in [0.25, 0.3) is 11.0 Å². The third-order valence-electron chi connectivity index (χ3n) is 4.71. The Morgan fingerprint density at radius 1 is 1.23 bits per heavy atom. The van der Waals surface area contributed by atoms with Crippen molar-refractivity contribution in [2.75, 3.05) is 18.4 Å². The van der Waals surface area contributed by atoms with E-state index in [9.17, 15) is 18.0 Å². The lowest BCUT2D eigenvalue weighted by Gasteiger charge is -2.15. The normalized spacial score (nSPS) is 16.4. The van der Waals surface area contributed by atoms with Crippen LogP contribution < -0.4 is 10.1 Å². The third kappa shape index (κ3) is 4.55. The average molecular weight is 430 g/mol. The van der Waals surface area contributed by atoms with Crippen LogP contribution in [0.4, 0.5) is 24.8 Å². The molecule has 3 aromatic heterocycles. The van der Waals surface area contributed by atoms with Gasteiger partial charge in [0.2, 0.25) is 11.8 Å². The molecule has 31 heavy (non-hydrogen) atoms. The number of amides is 1. The number of alkyl halides is 3. The summed E-state index contributed by atoms with van der Waals surface area (Å²) >= 11 is 0. The first kappa shape index (κ1) is 20.5. The predicted octanol–water partition coefficient (Wildman–Crippen LogP) is 3.35. The van der Waals surface area contributed by atoms with Crippen molar-refractivity contribution >= 4 is 28.6 Å². The molecule has 1 atom stereocenters. The van der Waals surface area contributed by atoms with Gasteiger partial charge in [0, 0.05) is 25.2 Å². The van der Waals surface area contributed by atoms with E-state index in [2.05, 4.69) is 31.8 Å². The van der Waals surface area contributed by atoms with Crippen LogP contribution in [-0.2, 0) is 11.0 Å². The minimum absolute atomic E-state index is 0.151. The number of ether oxygens (including phenoxy) is 1. The molecule has 4 rings (SSSR count). The zero-order valence-electron chi connectivity index (χ0n) is 16.1. The standard InChI is InChI=1S/C20H17F3N6O2/c1-2-17(30)29-8-7-13(10-29)31-16-6-4-14-18(28-16)19(26-11-25-14)27-15-5-3-12(9-24-15)20(21,22)23/h2-6,9,11,13H,1,7-8,10H2,(H,24,25,26,27)/t13-/m0/s1. The van der Waals surface area contributed by atoms with Crippen LogP contribution in [0.15, 0.2) is 49.4 Å². The number of rotatable bonds is 5. The summed E-state index contributed by atoms with van der Waals surface area (Å²) in [5.41, 5.74) is 0.0466. The summed E-state index contributed by atoms with van der Waals surface area (Å²) in [5, 5.41) is 2.86. The first-order valence-electron chi connectivity index (χ1n) is 9.33. The van der Waals surface area contributed by atoms with Crippen molar-refractivity contribution in [1.82, 2.24) is 24.8 Å². The van der Waals surface area contributed by atoms with E-state index in [0.717, 1.165) is 12.3 Å². The van der Waals surface area contributed by atoms with E-state index >= 15 is 0 Å². The molecule has 0 unspecified atom stereocenters. The molecule has 0 saturated carbocycles. The van der Waals surface area contributed by atoms with Gasteiger partial charge in [0.25, 0.3) is 0 Å². The molecule has 0 spiro atoms. The van der Waals surface area contributed by atoms with Gasteiger partial charge in [0.1, 0.15) is 23.8 Å². The molecule has 0 aliphatic carbocycles. The Morgan fingerprint density at radius 2 is 2.06 bits per heavy atom. The van der Waals surface area contributed by atoms with E-state index in [0.29, 0.717) is 36.4 Å². The molecule has 0 bridgehead atoms. The summed E-state index contributed by atoms with van der Waals surface area (Å²) in [6.07, 6.45) is -0.706. The summed E-state index contributed by atoms with van der Waals surface area (Å²) in [4.78, 5) is 29.9. The SMILES string of the molecule is C=CC(=O)N1CC[C@H](Oc2ccc3ncnc(Nc4ccc(C(F)(F)F)cn4)c3n2)C1. The highest BCUT2D eigenvalue weighted by Gasteiger charge is 2.30. The van der Waals surface area contributed by atoms with Gasteiger partial charge in [0.15, 0.2) is 5.82 Å². The van der Waals surface area contributed by atoms with Crippen molar-refractivity contribution in [2.24, 2.45) is 0 Å². The largest absolute Gasteiger partial charge is 0.472 e. The van der Waals surface area contributed by atoms with Crippen LogP contribution in [0.1, 0.15) is 12.0 Å². The number of hydrogen-bond acceptors (Lipinski definition) is 7. The number of anilines is 2. The lowest BCUT2D eigenvalue weighted by Crippen LogP contribution is -2.29. The molecule has 160 valence electrons. The van der Waals surface area contributed by atoms with Gasteiger partial charge in [-0.3, -0.25) is 4.79 Å². The van der Waals surface area contributed by atoms with Gasteiger partial charge in [-0.15, -0.1) is 0 Å². The topological polar surface area (TPSA) is 93.1 Å². The second-order valence-electron chi connectivity index (χ2n) is 6.81. The Kier molecular flexibility index (Phi) is 5.40. The summed E-state index contributed by atoms with van der Waals surface area (Å²) in [5.74, 6) is 0.623. The van der Waals surface area contributed by atoms with Crippen LogP contribution in [-0.4, -0.2) is 49.9 Å². The molecule has 1 fully saturated rings. The van der Waals surface area contributed by atoms with Crippen molar-refractivity contribution in [3.05, 3.63) is 55.0 Å². The van der Waals surface area contributed by atoms with E-state index < -0.39 is 11.7 Å². The second kappa shape index (κ2) is 8.17. The molecule has 8 nitrogen and oxygen atoms in total. The average Bonchev–Trinajstić information content (AvgIpc) is 3.22. The van der Waals surface area contributed by atoms with E-state index in [-0.39, 0.29) is 23.6 Å². The second-order valence-corrected chi connectivity index (χ2v) is 6.81. The minimum Gasteiger partial charge on any atom is -0.472 e. The Morgan fingerprint density at radius 3 is 2.77 bits per heavy atom. The Labute approximate surface area is 174 Å². The minimum atomic E-state index is -4.47. The number of fused-ring (bicyclic) bond motifs is 1. The highest BCUT2D eigenvalue weighted by Crippen LogP contribution is 2.30. The predicted molar refractivity (Wildman–Crippen MR) is 106 cm³/mol. The number of pyridine rings is 2. The highest BCUT2D eigenvalue weighted by atomic mass is 19.4. The summed E-state index contributed by atoms with van der Waals surface area (Å²) in [7, 11) is 0. The van der Waals surface area contributed by atoms with Crippen LogP contribution in [0.5, 0.6) is 5.88 Å². The molecule has 11 heteroatoms. The maximum Gasteiger partial charge on any atom is 0.417 e. The molecule has 1 saturated heterocycles. The fraction of sp³-hybridized carbons (Fsp3) is 0.250. The van der Waals surface area contributed by atoms with E-state index in [1.165, 1.54) is 18.5 Å². The fourth-order valence-corrected chi connectivity index (χ4v) is 3.16. The fourth-order valence-electron chi connectivity index (χ4n) is 3.16. The summed E-state index contributed by atoms with van der Waals surface area (Å²) < 4.78 is 44.1. The number of carbonyl (C=O) groups excluding carboxylic acids is 1. The molecule has 0 aromatic carbocycles. The van der Waals surface area contributed by atoms with Gasteiger partial charge in [-0.25, -0.2) is 19.9 Å². The molecule has 1 N–H and O–H groups in total. The number of carbonyl (C=O) groups is 1. The zero-order chi connectivity index (χ0) is 22.0. The lowest BCUT2D eigenvalue weighted by atomic mass is 10.3. The Bertz CT molecular complexity index is 1120. The van der Waals surface area contributed by atoms with E-state index in [1.807, 2.05) is 0 Å². The van der Waals surface area contributed by atoms with Crippen molar-refractivity contribution in [2.45, 2.75) is 18.7 Å². The van der Waals surface area contributed by atoms with Crippen LogP contribution in [0, 0.1) is 0 Å². The first-order valence-corrected chi connectivity index (χ1v) is 9.33. The Balaban J connectivity index is 1.54. The highest BCUT2D eigenvalue weighted by molar-refractivity contribution is 5.87. The van der Waals surface area contributed by atoms with Crippen LogP contribution in [0.3, 0.4) is 0 Å². The number of hydrogen-bond donors (Lipinski definition) is 1. The van der Waals surface area contributed by atoms with Crippen molar-refractivity contribution < 1.29 is 22.7 Å². The number of likely N-dealkylation sites (tertiary alicyclic amines) is 1. The van der Waals surface area contributed by atoms with Crippen LogP contribution in [0.2, 0.25) is 0 Å². The quantitative estimate of drug-likeness (QED) is 0.621. The van der Waals surface area contributed by atoms with E-state index in [4.69, 9.17) is 4.74 Å². The molecule has 1 aliphatic rings. The maximum absolute atomic E-state index is 12.7. The summed E-state index contributed by atoms with van der Waals surface area (Å²) in [6.45, 7) is 4.48. The molecular weight excluding hydrogens is 413 g/mol. The van der Waals surface area contributed by atoms with Crippen LogP contribution >= 0.6 is 0 Å². The third-order valence-corrected chi connectivity index (χ3v) is 4.71. The number of aromatic nitrogens is 4. The molecule has 3 aromatic rings. The number of halogens is 3. The van der Waals surface area contributed by atoms with Crippen molar-refractivity contribution in [3.63, 3.8) is 0 Å². The molecule has 0 radical (unpaired) electrons. The smallest absolute Gasteiger partial charge is 0.417 e. The number of nitrogens with one attached hydrogen (secondary N) is 1. The first-order chi connectivity index (χ1) is 14.8. The zero-order valence-corrected chi connectivity index (χ0v) is 16.1. The monoisotopic (exact) mass is 430 g/mol. The van der Waals surface area contributed by atoms with Gasteiger partial charge in [-0.2, -0.15) is 13.2 Å². The van der Waals surface area contributed by atoms with Gasteiger partial charge >= 0.3 is 6.18 Å². The van der Waals surface area contributed by atoms with E-state index in [1.54, 1.807) is 17.0 Å². The van der Waals surface area contributed by atoms with Gasteiger partial charge in [-0.1, -0.05) is 6.58 Å². The van der Waals surface area contributed by atoms with Crippen molar-refractivity contribution in [1.29, 1.82) is 0 Å². The molecule has 1 amide bonds. The van der Waals surface area contributed by atoms with Gasteiger partial charge < -0.3 is 15.0 Å².